The summed E-state index contributed by atoms with van der Waals surface area (Å²) in [5, 5.41) is 32.4. The Kier molecular flexibility index (Phi) is 9.20. The minimum Gasteiger partial charge on any atom is -0.477 e. The Morgan fingerprint density at radius 2 is 1.97 bits per heavy atom. The third kappa shape index (κ3) is 6.10. The van der Waals surface area contributed by atoms with Crippen LogP contribution in [0.2, 0.25) is 0 Å². The molecule has 3 atom stereocenters. The molecular weight excluding hydrogens is 547 g/mol. The van der Waals surface area contributed by atoms with Crippen LogP contribution in [0.5, 0.6) is 0 Å². The number of nitrogens with zero attached hydrogens (tertiary/aromatic N) is 5. The number of aliphatic hydroxyl groups is 1. The molecule has 0 bridgehead atoms. The second-order valence-electron chi connectivity index (χ2n) is 7.43. The van der Waals surface area contributed by atoms with Crippen molar-refractivity contribution in [2.45, 2.75) is 28.6 Å². The fraction of sp³-hybridized carbons (Fsp3) is 0.333. The number of aromatic nitrogens is 4. The van der Waals surface area contributed by atoms with Crippen molar-refractivity contribution < 1.29 is 67.1 Å². The van der Waals surface area contributed by atoms with Crippen molar-refractivity contribution in [3.05, 3.63) is 47.2 Å². The van der Waals surface area contributed by atoms with Gasteiger partial charge < -0.3 is 15.5 Å². The fourth-order valence-corrected chi connectivity index (χ4v) is 6.43. The molecule has 14 nitrogen and oxygen atoms in total. The van der Waals surface area contributed by atoms with Gasteiger partial charge in [0.15, 0.2) is 12.0 Å². The number of carbonyl (C=O) groups is 3. The van der Waals surface area contributed by atoms with E-state index in [9.17, 15) is 33.0 Å². The summed E-state index contributed by atoms with van der Waals surface area (Å²) in [7, 11) is -4.40. The second kappa shape index (κ2) is 11.6. The smallest absolute Gasteiger partial charge is 0.477 e. The number of amides is 2. The molecule has 0 unspecified atom stereocenters. The molecule has 186 valence electrons. The van der Waals surface area contributed by atoms with Crippen molar-refractivity contribution in [3.63, 3.8) is 0 Å². The molecule has 1 saturated heterocycles. The van der Waals surface area contributed by atoms with Crippen molar-refractivity contribution in [2.24, 2.45) is 0 Å². The normalized spacial score (nSPS) is 20.2. The van der Waals surface area contributed by atoms with Gasteiger partial charge in [-0.3, -0.25) is 19.0 Å². The summed E-state index contributed by atoms with van der Waals surface area (Å²) >= 11 is 2.17. The maximum absolute atomic E-state index is 12.8. The molecule has 0 radical (unpaired) electrons. The molecule has 0 saturated carbocycles. The number of rotatable bonds is 9. The van der Waals surface area contributed by atoms with Crippen LogP contribution in [0.4, 0.5) is 0 Å². The number of tetrazole rings is 1. The fourth-order valence-electron chi connectivity index (χ4n) is 3.50. The Labute approximate surface area is 234 Å². The Morgan fingerprint density at radius 3 is 2.61 bits per heavy atom. The number of hydrogen-bond acceptors (Lipinski definition) is 11. The molecule has 2 aliphatic heterocycles. The van der Waals surface area contributed by atoms with Crippen LogP contribution in [-0.4, -0.2) is 89.0 Å². The third-order valence-corrected chi connectivity index (χ3v) is 8.03. The van der Waals surface area contributed by atoms with Gasteiger partial charge in [0.25, 0.3) is 21.9 Å². The van der Waals surface area contributed by atoms with Crippen LogP contribution in [0.15, 0.2) is 46.8 Å². The SMILES string of the molecule is O=C(O)C1=C(CSc2nnnn2CS(=O)(=O)O)CS[C@@H]2[C@H](NC(=O)[C@H](O)c3ccccc3)C(=O)N12.[Na+]. The predicted octanol–water partition coefficient (Wildman–Crippen LogP) is -3.91. The number of aliphatic carboxylic acids is 1. The van der Waals surface area contributed by atoms with E-state index in [1.165, 1.54) is 11.8 Å². The Morgan fingerprint density at radius 1 is 1.28 bits per heavy atom. The van der Waals surface area contributed by atoms with Gasteiger partial charge in [-0.05, 0) is 21.6 Å². The number of hydrogen-bond donors (Lipinski definition) is 4. The van der Waals surface area contributed by atoms with E-state index in [4.69, 9.17) is 4.55 Å². The van der Waals surface area contributed by atoms with Gasteiger partial charge in [-0.2, -0.15) is 8.42 Å². The largest absolute Gasteiger partial charge is 1.00 e. The molecule has 1 aromatic heterocycles. The van der Waals surface area contributed by atoms with Crippen molar-refractivity contribution in [3.8, 4) is 0 Å². The van der Waals surface area contributed by atoms with E-state index in [0.29, 0.717) is 11.1 Å². The first-order chi connectivity index (χ1) is 16.6. The van der Waals surface area contributed by atoms with E-state index in [0.717, 1.165) is 21.3 Å². The first-order valence-corrected chi connectivity index (χ1v) is 13.5. The second-order valence-corrected chi connectivity index (χ2v) is 10.9. The number of carbonyl (C=O) groups excluding carboxylic acids is 2. The maximum Gasteiger partial charge on any atom is 1.00 e. The number of carboxylic acid groups (broad SMARTS) is 1. The maximum atomic E-state index is 12.8. The van der Waals surface area contributed by atoms with E-state index in [1.807, 2.05) is 0 Å². The van der Waals surface area contributed by atoms with Gasteiger partial charge in [-0.15, -0.1) is 16.9 Å². The number of aliphatic hydroxyl groups excluding tert-OH is 1. The van der Waals surface area contributed by atoms with Gasteiger partial charge in [0.1, 0.15) is 17.1 Å². The molecule has 1 aromatic carbocycles. The van der Waals surface area contributed by atoms with Crippen LogP contribution < -0.4 is 34.9 Å². The van der Waals surface area contributed by atoms with Crippen LogP contribution in [0, 0.1) is 0 Å². The summed E-state index contributed by atoms with van der Waals surface area (Å²) < 4.78 is 32.0. The quantitative estimate of drug-likeness (QED) is 0.0994. The van der Waals surface area contributed by atoms with Gasteiger partial charge in [0.2, 0.25) is 5.16 Å². The number of nitrogens with one attached hydrogen (secondary N) is 1. The Hall–Kier alpha value is -1.99. The zero-order valence-corrected chi connectivity index (χ0v) is 23.0. The summed E-state index contributed by atoms with van der Waals surface area (Å²) in [6.07, 6.45) is -1.48. The van der Waals surface area contributed by atoms with Crippen molar-refractivity contribution in [1.29, 1.82) is 0 Å². The molecule has 36 heavy (non-hydrogen) atoms. The van der Waals surface area contributed by atoms with Crippen LogP contribution >= 0.6 is 23.5 Å². The molecular formula is C18H18N6NaO8S3+. The number of β-lactam (4-membered cyclic amide) rings is 1. The predicted molar refractivity (Wildman–Crippen MR) is 121 cm³/mol. The van der Waals surface area contributed by atoms with Gasteiger partial charge in [0.05, 0.1) is 0 Å². The average molecular weight is 566 g/mol. The average Bonchev–Trinajstić information content (AvgIpc) is 3.25. The molecule has 18 heteroatoms. The molecule has 2 aromatic rings. The molecule has 2 amide bonds. The van der Waals surface area contributed by atoms with Crippen LogP contribution in [0.3, 0.4) is 0 Å². The first kappa shape index (κ1) is 28.6. The topological polar surface area (TPSA) is 205 Å². The molecule has 4 rings (SSSR count). The molecule has 0 aliphatic carbocycles. The van der Waals surface area contributed by atoms with Gasteiger partial charge >= 0.3 is 35.5 Å². The van der Waals surface area contributed by atoms with E-state index < -0.39 is 51.3 Å². The minimum atomic E-state index is -4.40. The number of benzene rings is 1. The van der Waals surface area contributed by atoms with Gasteiger partial charge in [-0.25, -0.2) is 9.48 Å². The monoisotopic (exact) mass is 565 g/mol. The van der Waals surface area contributed by atoms with Crippen LogP contribution in [-0.2, 0) is 30.4 Å². The number of thioether (sulfide) groups is 2. The summed E-state index contributed by atoms with van der Waals surface area (Å²) in [6.45, 7) is 0. The first-order valence-electron chi connectivity index (χ1n) is 9.84. The van der Waals surface area contributed by atoms with E-state index in [1.54, 1.807) is 30.3 Å². The number of fused-ring (bicyclic) bond motifs is 1. The molecule has 1 fully saturated rings. The van der Waals surface area contributed by atoms with E-state index in [-0.39, 0.29) is 51.9 Å². The van der Waals surface area contributed by atoms with Crippen molar-refractivity contribution in [1.82, 2.24) is 30.4 Å². The van der Waals surface area contributed by atoms with Crippen molar-refractivity contribution in [2.75, 3.05) is 11.5 Å². The van der Waals surface area contributed by atoms with Crippen molar-refractivity contribution >= 4 is 51.4 Å². The summed E-state index contributed by atoms with van der Waals surface area (Å²) in [4.78, 5) is 38.3. The Balaban J connectivity index is 0.00000361. The summed E-state index contributed by atoms with van der Waals surface area (Å²) in [5.74, 6) is -3.39. The Bertz CT molecular complexity index is 1300. The van der Waals surface area contributed by atoms with Crippen LogP contribution in [0.1, 0.15) is 11.7 Å². The van der Waals surface area contributed by atoms with Gasteiger partial charge in [0, 0.05) is 11.5 Å². The summed E-state index contributed by atoms with van der Waals surface area (Å²) in [5.41, 5.74) is 0.480. The molecule has 4 N–H and O–H groups in total. The van der Waals surface area contributed by atoms with Crippen LogP contribution in [0.25, 0.3) is 0 Å². The third-order valence-electron chi connectivity index (χ3n) is 5.07. The molecule has 3 heterocycles. The van der Waals surface area contributed by atoms with E-state index in [2.05, 4.69) is 20.8 Å². The molecule has 0 spiro atoms. The zero-order chi connectivity index (χ0) is 25.3. The number of carboxylic acids is 1. The molecule has 2 aliphatic rings. The summed E-state index contributed by atoms with van der Waals surface area (Å²) in [6, 6.07) is 7.17. The van der Waals surface area contributed by atoms with Gasteiger partial charge in [-0.1, -0.05) is 42.1 Å². The standard InChI is InChI=1S/C18H18N6O8S3.Na/c25-13(9-4-2-1-3-5-9)14(26)19-11-15(27)24-12(17(28)29)10(6-33-16(11)24)7-34-18-20-21-22-23(18)8-35(30,31)32;/h1-5,11,13,16,25H,6-8H2,(H,19,26)(H,28,29)(H,30,31,32);/q;+1/t11-,13-,16-;/m1./s1. The zero-order valence-electron chi connectivity index (χ0n) is 18.6. The van der Waals surface area contributed by atoms with E-state index >= 15 is 0 Å². The minimum absolute atomic E-state index is 0.